The number of aliphatic hydroxyl groups is 1. The molecule has 0 saturated carbocycles. The van der Waals surface area contributed by atoms with E-state index in [1.54, 1.807) is 38.1 Å². The number of nitriles is 1. The van der Waals surface area contributed by atoms with Crippen molar-refractivity contribution < 1.29 is 14.9 Å². The zero-order valence-corrected chi connectivity index (χ0v) is 13.9. The van der Waals surface area contributed by atoms with Gasteiger partial charge in [-0.1, -0.05) is 6.07 Å². The number of aromatic hydroxyl groups is 1. The third-order valence-corrected chi connectivity index (χ3v) is 4.80. The lowest BCUT2D eigenvalue weighted by molar-refractivity contribution is 0.150. The predicted molar refractivity (Wildman–Crippen MR) is 89.6 cm³/mol. The maximum atomic E-state index is 12.7. The number of rotatable bonds is 1. The van der Waals surface area contributed by atoms with Crippen LogP contribution >= 0.6 is 0 Å². The Kier molecular flexibility index (Phi) is 3.11. The van der Waals surface area contributed by atoms with Gasteiger partial charge in [0, 0.05) is 12.1 Å². The molecule has 7 heteroatoms. The molecule has 2 N–H and O–H groups in total. The van der Waals surface area contributed by atoms with Crippen LogP contribution in [0.25, 0.3) is 11.8 Å². The van der Waals surface area contributed by atoms with Gasteiger partial charge in [-0.15, -0.1) is 0 Å². The van der Waals surface area contributed by atoms with Crippen molar-refractivity contribution in [2.75, 3.05) is 0 Å². The number of ether oxygens (including phenoxy) is 1. The average molecular weight is 339 g/mol. The summed E-state index contributed by atoms with van der Waals surface area (Å²) in [6, 6.07) is 7.28. The Balaban J connectivity index is 1.99. The summed E-state index contributed by atoms with van der Waals surface area (Å²) in [5.41, 5.74) is 0.420. The van der Waals surface area contributed by atoms with E-state index in [4.69, 9.17) is 4.74 Å². The maximum absolute atomic E-state index is 12.7. The minimum absolute atomic E-state index is 0.226. The summed E-state index contributed by atoms with van der Waals surface area (Å²) in [7, 11) is 0. The molecule has 0 radical (unpaired) electrons. The van der Waals surface area contributed by atoms with E-state index >= 15 is 0 Å². The lowest BCUT2D eigenvalue weighted by Gasteiger charge is -2.31. The summed E-state index contributed by atoms with van der Waals surface area (Å²) in [5, 5.41) is 30.0. The van der Waals surface area contributed by atoms with Gasteiger partial charge in [-0.25, -0.2) is 9.36 Å². The van der Waals surface area contributed by atoms with Crippen LogP contribution in [0.4, 0.5) is 0 Å². The first-order valence-electron chi connectivity index (χ1n) is 8.02. The molecular formula is C18H17N3O4. The highest BCUT2D eigenvalue weighted by Crippen LogP contribution is 2.40. The summed E-state index contributed by atoms with van der Waals surface area (Å²) in [5.74, 6) is 0.250. The van der Waals surface area contributed by atoms with E-state index in [-0.39, 0.29) is 11.6 Å². The van der Waals surface area contributed by atoms with E-state index in [2.05, 4.69) is 6.07 Å². The van der Waals surface area contributed by atoms with E-state index in [9.17, 15) is 20.3 Å². The van der Waals surface area contributed by atoms with E-state index in [1.807, 2.05) is 0 Å². The molecule has 0 saturated heterocycles. The summed E-state index contributed by atoms with van der Waals surface area (Å²) in [6.45, 7) is 3.95. The van der Waals surface area contributed by atoms with Crippen LogP contribution in [0.15, 0.2) is 28.6 Å². The van der Waals surface area contributed by atoms with Crippen molar-refractivity contribution in [3.63, 3.8) is 0 Å². The minimum Gasteiger partial charge on any atom is -0.493 e. The molecule has 0 fully saturated rings. The molecule has 3 heterocycles. The van der Waals surface area contributed by atoms with Crippen molar-refractivity contribution in [1.82, 2.24) is 9.13 Å². The zero-order chi connectivity index (χ0) is 17.9. The van der Waals surface area contributed by atoms with Gasteiger partial charge in [0.15, 0.2) is 0 Å². The van der Waals surface area contributed by atoms with Crippen LogP contribution in [0, 0.1) is 11.3 Å². The number of hydrogen-bond acceptors (Lipinski definition) is 5. The highest BCUT2D eigenvalue weighted by atomic mass is 16.5. The molecule has 1 atom stereocenters. The largest absolute Gasteiger partial charge is 0.493 e. The SMILES string of the molecule is CC1(C)Oc2cccc(-n3c(O)c4n(c3=O)CC[C@H]4O)c2C=C1C#N. The smallest absolute Gasteiger partial charge is 0.336 e. The van der Waals surface area contributed by atoms with Crippen LogP contribution in [0.5, 0.6) is 11.6 Å². The molecule has 128 valence electrons. The average Bonchev–Trinajstić information content (AvgIpc) is 3.05. The third kappa shape index (κ3) is 2.04. The summed E-state index contributed by atoms with van der Waals surface area (Å²) >= 11 is 0. The molecule has 0 bridgehead atoms. The molecule has 4 rings (SSSR count). The Morgan fingerprint density at radius 1 is 1.40 bits per heavy atom. The van der Waals surface area contributed by atoms with E-state index in [0.29, 0.717) is 35.5 Å². The molecule has 0 unspecified atom stereocenters. The van der Waals surface area contributed by atoms with Crippen molar-refractivity contribution in [3.05, 3.63) is 45.5 Å². The van der Waals surface area contributed by atoms with Crippen molar-refractivity contribution in [2.45, 2.75) is 38.5 Å². The van der Waals surface area contributed by atoms with Gasteiger partial charge < -0.3 is 14.9 Å². The first-order chi connectivity index (χ1) is 11.8. The Labute approximate surface area is 143 Å². The molecular weight excluding hydrogens is 322 g/mol. The number of aliphatic hydroxyl groups excluding tert-OH is 1. The van der Waals surface area contributed by atoms with Gasteiger partial charge in [0.1, 0.15) is 23.1 Å². The third-order valence-electron chi connectivity index (χ3n) is 4.80. The first kappa shape index (κ1) is 15.5. The quantitative estimate of drug-likeness (QED) is 0.826. The van der Waals surface area contributed by atoms with Crippen molar-refractivity contribution in [3.8, 4) is 23.4 Å². The number of fused-ring (bicyclic) bond motifs is 2. The topological polar surface area (TPSA) is 100 Å². The maximum Gasteiger partial charge on any atom is 0.336 e. The zero-order valence-electron chi connectivity index (χ0n) is 13.9. The van der Waals surface area contributed by atoms with Gasteiger partial charge in [-0.3, -0.25) is 4.57 Å². The van der Waals surface area contributed by atoms with Crippen LogP contribution in [0.1, 0.15) is 37.6 Å². The standard InChI is InChI=1S/C18H17N3O4/c1-18(2)10(9-19)8-11-12(4-3-5-14(11)25-18)21-16(23)15-13(22)6-7-20(15)17(21)24/h3-5,8,13,22-23H,6-7H2,1-2H3/t13-/m1/s1. The molecule has 1 aromatic carbocycles. The van der Waals surface area contributed by atoms with Crippen molar-refractivity contribution >= 4 is 6.08 Å². The monoisotopic (exact) mass is 339 g/mol. The van der Waals surface area contributed by atoms with Crippen LogP contribution in [-0.4, -0.2) is 24.9 Å². The molecule has 0 aliphatic carbocycles. The highest BCUT2D eigenvalue weighted by Gasteiger charge is 2.34. The van der Waals surface area contributed by atoms with Gasteiger partial charge in [0.25, 0.3) is 0 Å². The lowest BCUT2D eigenvalue weighted by Crippen LogP contribution is -2.33. The van der Waals surface area contributed by atoms with Crippen molar-refractivity contribution in [1.29, 1.82) is 5.26 Å². The Bertz CT molecular complexity index is 1020. The van der Waals surface area contributed by atoms with Gasteiger partial charge in [-0.05, 0) is 38.5 Å². The van der Waals surface area contributed by atoms with Crippen LogP contribution < -0.4 is 10.4 Å². The van der Waals surface area contributed by atoms with Gasteiger partial charge in [0.05, 0.1) is 17.3 Å². The number of nitrogens with zero attached hydrogens (tertiary/aromatic N) is 3. The van der Waals surface area contributed by atoms with Crippen LogP contribution in [-0.2, 0) is 6.54 Å². The van der Waals surface area contributed by atoms with Crippen molar-refractivity contribution in [2.24, 2.45) is 0 Å². The second-order valence-electron chi connectivity index (χ2n) is 6.75. The first-order valence-corrected chi connectivity index (χ1v) is 8.02. The number of aromatic nitrogens is 2. The Morgan fingerprint density at radius 2 is 2.16 bits per heavy atom. The van der Waals surface area contributed by atoms with E-state index in [1.165, 1.54) is 4.57 Å². The van der Waals surface area contributed by atoms with E-state index in [0.717, 1.165) is 4.57 Å². The fourth-order valence-electron chi connectivity index (χ4n) is 3.48. The van der Waals surface area contributed by atoms with E-state index < -0.39 is 17.4 Å². The molecule has 2 aliphatic heterocycles. The number of hydrogen-bond donors (Lipinski definition) is 2. The van der Waals surface area contributed by atoms with Gasteiger partial charge in [0.2, 0.25) is 5.88 Å². The Hall–Kier alpha value is -2.98. The highest BCUT2D eigenvalue weighted by molar-refractivity contribution is 5.74. The molecule has 7 nitrogen and oxygen atoms in total. The van der Waals surface area contributed by atoms with Crippen LogP contribution in [0.3, 0.4) is 0 Å². The predicted octanol–water partition coefficient (Wildman–Crippen LogP) is 1.86. The normalized spacial score (nSPS) is 20.2. The molecule has 2 aromatic rings. The number of imidazole rings is 1. The number of benzene rings is 1. The van der Waals surface area contributed by atoms with Gasteiger partial charge in [-0.2, -0.15) is 5.26 Å². The molecule has 2 aliphatic rings. The molecule has 25 heavy (non-hydrogen) atoms. The molecule has 0 spiro atoms. The second-order valence-corrected chi connectivity index (χ2v) is 6.75. The second kappa shape index (κ2) is 5.01. The molecule has 0 amide bonds. The fraction of sp³-hybridized carbons (Fsp3) is 0.333. The minimum atomic E-state index is -0.867. The summed E-state index contributed by atoms with van der Waals surface area (Å²) in [4.78, 5) is 12.7. The summed E-state index contributed by atoms with van der Waals surface area (Å²) < 4.78 is 8.45. The Morgan fingerprint density at radius 3 is 2.84 bits per heavy atom. The van der Waals surface area contributed by atoms with Gasteiger partial charge >= 0.3 is 5.69 Å². The lowest BCUT2D eigenvalue weighted by atomic mass is 9.92. The fourth-order valence-corrected chi connectivity index (χ4v) is 3.48. The van der Waals surface area contributed by atoms with Crippen LogP contribution in [0.2, 0.25) is 0 Å². The summed E-state index contributed by atoms with van der Waals surface area (Å²) in [6.07, 6.45) is 1.22. The molecule has 1 aromatic heterocycles.